The summed E-state index contributed by atoms with van der Waals surface area (Å²) in [6.07, 6.45) is 4.57. The maximum absolute atomic E-state index is 11.1. The van der Waals surface area contributed by atoms with E-state index in [0.717, 1.165) is 37.1 Å². The highest BCUT2D eigenvalue weighted by atomic mass is 32.1. The number of hydrogen-bond acceptors (Lipinski definition) is 2. The number of carbonyl (C=O) groups is 1. The number of nitrogens with zero attached hydrogens (tertiary/aromatic N) is 1. The molecule has 15 heavy (non-hydrogen) atoms. The molecule has 1 fully saturated rings. The van der Waals surface area contributed by atoms with E-state index >= 15 is 0 Å². The van der Waals surface area contributed by atoms with E-state index in [1.54, 1.807) is 0 Å². The van der Waals surface area contributed by atoms with Gasteiger partial charge in [-0.25, -0.2) is 4.79 Å². The maximum Gasteiger partial charge on any atom is 0.326 e. The SMILES string of the molecule is CCCC(=S)N1C(C)CCCC1C(=O)O. The molecule has 0 radical (unpaired) electrons. The van der Waals surface area contributed by atoms with Gasteiger partial charge in [0.2, 0.25) is 0 Å². The Morgan fingerprint density at radius 2 is 2.20 bits per heavy atom. The maximum atomic E-state index is 11.1. The lowest BCUT2D eigenvalue weighted by Crippen LogP contribution is -2.51. The first-order chi connectivity index (χ1) is 7.07. The lowest BCUT2D eigenvalue weighted by atomic mass is 9.96. The van der Waals surface area contributed by atoms with Crippen molar-refractivity contribution in [2.75, 3.05) is 0 Å². The van der Waals surface area contributed by atoms with Crippen molar-refractivity contribution in [3.05, 3.63) is 0 Å². The second-order valence-electron chi connectivity index (χ2n) is 4.18. The molecule has 1 heterocycles. The van der Waals surface area contributed by atoms with Crippen molar-refractivity contribution in [3.8, 4) is 0 Å². The molecule has 3 nitrogen and oxygen atoms in total. The van der Waals surface area contributed by atoms with Gasteiger partial charge in [0.15, 0.2) is 0 Å². The summed E-state index contributed by atoms with van der Waals surface area (Å²) in [4.78, 5) is 13.9. The summed E-state index contributed by atoms with van der Waals surface area (Å²) in [6.45, 7) is 4.13. The molecule has 86 valence electrons. The van der Waals surface area contributed by atoms with Crippen LogP contribution in [0.4, 0.5) is 0 Å². The quantitative estimate of drug-likeness (QED) is 0.755. The number of aliphatic carboxylic acids is 1. The van der Waals surface area contributed by atoms with Crippen LogP contribution < -0.4 is 0 Å². The van der Waals surface area contributed by atoms with E-state index in [1.165, 1.54) is 0 Å². The number of likely N-dealkylation sites (tertiary alicyclic amines) is 1. The highest BCUT2D eigenvalue weighted by Gasteiger charge is 2.33. The minimum atomic E-state index is -0.736. The van der Waals surface area contributed by atoms with E-state index in [-0.39, 0.29) is 6.04 Å². The van der Waals surface area contributed by atoms with Gasteiger partial charge in [-0.05, 0) is 39.0 Å². The molecule has 1 rings (SSSR count). The Hall–Kier alpha value is -0.640. The summed E-state index contributed by atoms with van der Waals surface area (Å²) in [5.74, 6) is -0.736. The van der Waals surface area contributed by atoms with Gasteiger partial charge in [-0.3, -0.25) is 0 Å². The third-order valence-electron chi connectivity index (χ3n) is 2.95. The van der Waals surface area contributed by atoms with Crippen LogP contribution in [0.2, 0.25) is 0 Å². The van der Waals surface area contributed by atoms with Gasteiger partial charge >= 0.3 is 5.97 Å². The van der Waals surface area contributed by atoms with E-state index in [4.69, 9.17) is 17.3 Å². The molecule has 0 aromatic carbocycles. The molecule has 1 N–H and O–H groups in total. The Kier molecular flexibility index (Phi) is 4.51. The lowest BCUT2D eigenvalue weighted by Gasteiger charge is -2.40. The fraction of sp³-hybridized carbons (Fsp3) is 0.818. The Morgan fingerprint density at radius 3 is 2.73 bits per heavy atom. The van der Waals surface area contributed by atoms with Crippen LogP contribution in [0.15, 0.2) is 0 Å². The van der Waals surface area contributed by atoms with Gasteiger partial charge in [-0.1, -0.05) is 19.1 Å². The average molecular weight is 229 g/mol. The molecule has 4 heteroatoms. The molecule has 0 saturated carbocycles. The van der Waals surface area contributed by atoms with Gasteiger partial charge in [0.25, 0.3) is 0 Å². The predicted octanol–water partition coefficient (Wildman–Crippen LogP) is 2.44. The summed E-state index contributed by atoms with van der Waals surface area (Å²) in [5, 5.41) is 9.14. The zero-order chi connectivity index (χ0) is 11.4. The third-order valence-corrected chi connectivity index (χ3v) is 3.36. The van der Waals surface area contributed by atoms with Gasteiger partial charge in [-0.15, -0.1) is 0 Å². The minimum Gasteiger partial charge on any atom is -0.480 e. The Morgan fingerprint density at radius 1 is 1.53 bits per heavy atom. The van der Waals surface area contributed by atoms with Crippen LogP contribution in [0.3, 0.4) is 0 Å². The molecular weight excluding hydrogens is 210 g/mol. The molecule has 0 aliphatic carbocycles. The summed E-state index contributed by atoms with van der Waals surface area (Å²) < 4.78 is 0. The molecule has 2 atom stereocenters. The van der Waals surface area contributed by atoms with Gasteiger partial charge in [0.05, 0.1) is 4.99 Å². The number of piperidine rings is 1. The minimum absolute atomic E-state index is 0.277. The van der Waals surface area contributed by atoms with Gasteiger partial charge in [-0.2, -0.15) is 0 Å². The van der Waals surface area contributed by atoms with Crippen LogP contribution in [-0.2, 0) is 4.79 Å². The third kappa shape index (κ3) is 2.91. The molecule has 1 saturated heterocycles. The molecule has 0 bridgehead atoms. The average Bonchev–Trinajstić information content (AvgIpc) is 2.17. The first kappa shape index (κ1) is 12.4. The number of rotatable bonds is 3. The second kappa shape index (κ2) is 5.45. The van der Waals surface area contributed by atoms with Crippen LogP contribution in [0.1, 0.15) is 46.0 Å². The Balaban J connectivity index is 2.76. The zero-order valence-electron chi connectivity index (χ0n) is 9.40. The fourth-order valence-corrected chi connectivity index (χ4v) is 2.71. The van der Waals surface area contributed by atoms with Crippen molar-refractivity contribution < 1.29 is 9.90 Å². The molecule has 0 spiro atoms. The first-order valence-electron chi connectivity index (χ1n) is 5.62. The van der Waals surface area contributed by atoms with Crippen LogP contribution >= 0.6 is 12.2 Å². The van der Waals surface area contributed by atoms with Crippen LogP contribution in [0, 0.1) is 0 Å². The second-order valence-corrected chi connectivity index (χ2v) is 4.66. The Bertz CT molecular complexity index is 255. The monoisotopic (exact) mass is 229 g/mol. The van der Waals surface area contributed by atoms with Crippen LogP contribution in [0.25, 0.3) is 0 Å². The van der Waals surface area contributed by atoms with E-state index < -0.39 is 12.0 Å². The van der Waals surface area contributed by atoms with Crippen molar-refractivity contribution >= 4 is 23.2 Å². The summed E-state index contributed by atoms with van der Waals surface area (Å²) >= 11 is 5.31. The van der Waals surface area contributed by atoms with Gasteiger partial charge in [0, 0.05) is 6.04 Å². The van der Waals surface area contributed by atoms with Crippen LogP contribution in [-0.4, -0.2) is 33.0 Å². The summed E-state index contributed by atoms with van der Waals surface area (Å²) in [5.41, 5.74) is 0. The van der Waals surface area contributed by atoms with Crippen molar-refractivity contribution in [1.82, 2.24) is 4.90 Å². The number of hydrogen-bond donors (Lipinski definition) is 1. The van der Waals surface area contributed by atoms with Crippen molar-refractivity contribution in [3.63, 3.8) is 0 Å². The number of thiocarbonyl (C=S) groups is 1. The number of carboxylic acid groups (broad SMARTS) is 1. The predicted molar refractivity (Wildman–Crippen MR) is 64.1 cm³/mol. The zero-order valence-corrected chi connectivity index (χ0v) is 10.2. The fourth-order valence-electron chi connectivity index (χ4n) is 2.20. The molecule has 1 aliphatic heterocycles. The van der Waals surface area contributed by atoms with E-state index in [1.807, 2.05) is 4.90 Å². The highest BCUT2D eigenvalue weighted by Crippen LogP contribution is 2.24. The van der Waals surface area contributed by atoms with Gasteiger partial charge < -0.3 is 10.0 Å². The lowest BCUT2D eigenvalue weighted by molar-refractivity contribution is -0.143. The molecule has 1 aliphatic rings. The van der Waals surface area contributed by atoms with E-state index in [0.29, 0.717) is 0 Å². The van der Waals surface area contributed by atoms with Crippen LogP contribution in [0.5, 0.6) is 0 Å². The smallest absolute Gasteiger partial charge is 0.326 e. The normalized spacial score (nSPS) is 26.4. The molecule has 0 aromatic heterocycles. The largest absolute Gasteiger partial charge is 0.480 e. The van der Waals surface area contributed by atoms with Crippen molar-refractivity contribution in [1.29, 1.82) is 0 Å². The molecule has 0 aromatic rings. The van der Waals surface area contributed by atoms with E-state index in [2.05, 4.69) is 13.8 Å². The number of carboxylic acids is 1. The highest BCUT2D eigenvalue weighted by molar-refractivity contribution is 7.80. The standard InChI is InChI=1S/C11H19NO2S/c1-3-5-10(15)12-8(2)6-4-7-9(12)11(13)14/h8-9H,3-7H2,1-2H3,(H,13,14). The molecule has 2 unspecified atom stereocenters. The molecular formula is C11H19NO2S. The van der Waals surface area contributed by atoms with E-state index in [9.17, 15) is 4.79 Å². The topological polar surface area (TPSA) is 40.5 Å². The van der Waals surface area contributed by atoms with Crippen molar-refractivity contribution in [2.24, 2.45) is 0 Å². The summed E-state index contributed by atoms with van der Waals surface area (Å²) in [6, 6.07) is -0.119. The Labute approximate surface area is 96.5 Å². The van der Waals surface area contributed by atoms with Crippen molar-refractivity contribution in [2.45, 2.75) is 58.0 Å². The first-order valence-corrected chi connectivity index (χ1v) is 6.02. The molecule has 0 amide bonds. The van der Waals surface area contributed by atoms with Gasteiger partial charge in [0.1, 0.15) is 6.04 Å². The summed E-state index contributed by atoms with van der Waals surface area (Å²) in [7, 11) is 0.